The van der Waals surface area contributed by atoms with Crippen molar-refractivity contribution in [3.63, 3.8) is 0 Å². The van der Waals surface area contributed by atoms with E-state index in [1.165, 1.54) is 10.7 Å². The molecule has 0 bridgehead atoms. The van der Waals surface area contributed by atoms with Crippen LogP contribution in [0.3, 0.4) is 0 Å². The van der Waals surface area contributed by atoms with Gasteiger partial charge in [-0.25, -0.2) is 4.68 Å². The van der Waals surface area contributed by atoms with Crippen LogP contribution >= 0.6 is 0 Å². The number of hydrogen-bond donors (Lipinski definition) is 2. The lowest BCUT2D eigenvalue weighted by atomic mass is 9.96. The number of carbonyl (C=O) groups is 1. The molecule has 1 unspecified atom stereocenters. The van der Waals surface area contributed by atoms with E-state index in [-0.39, 0.29) is 23.2 Å². The first-order valence-corrected chi connectivity index (χ1v) is 8.20. The molecule has 1 amide bonds. The SMILES string of the molecule is Cc1ccc(-n2[nH]c(C(=O)N3CCCC3C(C)(C)O)cc2=O)cc1. The average molecular weight is 329 g/mol. The van der Waals surface area contributed by atoms with Crippen LogP contribution in [0.5, 0.6) is 0 Å². The minimum absolute atomic E-state index is 0.240. The molecular weight excluding hydrogens is 306 g/mol. The fraction of sp³-hybridized carbons (Fsp3) is 0.444. The van der Waals surface area contributed by atoms with Crippen LogP contribution in [0.15, 0.2) is 35.1 Å². The first kappa shape index (κ1) is 16.5. The summed E-state index contributed by atoms with van der Waals surface area (Å²) in [4.78, 5) is 26.7. The van der Waals surface area contributed by atoms with Gasteiger partial charge in [0.1, 0.15) is 5.69 Å². The molecule has 1 aliphatic heterocycles. The number of benzene rings is 1. The number of aromatic nitrogens is 2. The van der Waals surface area contributed by atoms with Gasteiger partial charge in [0, 0.05) is 12.6 Å². The highest BCUT2D eigenvalue weighted by molar-refractivity contribution is 5.92. The lowest BCUT2D eigenvalue weighted by Crippen LogP contribution is -2.48. The van der Waals surface area contributed by atoms with Crippen molar-refractivity contribution in [1.82, 2.24) is 14.7 Å². The Balaban J connectivity index is 1.91. The summed E-state index contributed by atoms with van der Waals surface area (Å²) in [5, 5.41) is 13.2. The van der Waals surface area contributed by atoms with Crippen molar-refractivity contribution in [2.75, 3.05) is 6.54 Å². The normalized spacial score (nSPS) is 18.2. The van der Waals surface area contributed by atoms with Crippen molar-refractivity contribution < 1.29 is 9.90 Å². The summed E-state index contributed by atoms with van der Waals surface area (Å²) in [5.41, 5.74) is 0.786. The molecule has 1 aliphatic rings. The Labute approximate surface area is 140 Å². The predicted octanol–water partition coefficient (Wildman–Crippen LogP) is 1.85. The number of rotatable bonds is 3. The number of aryl methyl sites for hydroxylation is 1. The van der Waals surface area contributed by atoms with Gasteiger partial charge in [-0.2, -0.15) is 0 Å². The molecule has 0 radical (unpaired) electrons. The molecule has 0 aliphatic carbocycles. The molecule has 24 heavy (non-hydrogen) atoms. The van der Waals surface area contributed by atoms with Crippen LogP contribution < -0.4 is 5.56 Å². The predicted molar refractivity (Wildman–Crippen MR) is 91.5 cm³/mol. The first-order valence-electron chi connectivity index (χ1n) is 8.20. The third-order valence-corrected chi connectivity index (χ3v) is 4.57. The molecule has 1 aromatic heterocycles. The molecule has 128 valence electrons. The zero-order valence-electron chi connectivity index (χ0n) is 14.2. The molecule has 6 nitrogen and oxygen atoms in total. The van der Waals surface area contributed by atoms with Crippen molar-refractivity contribution in [3.8, 4) is 5.69 Å². The highest BCUT2D eigenvalue weighted by atomic mass is 16.3. The van der Waals surface area contributed by atoms with Crippen molar-refractivity contribution in [1.29, 1.82) is 0 Å². The van der Waals surface area contributed by atoms with E-state index in [1.807, 2.05) is 31.2 Å². The fourth-order valence-corrected chi connectivity index (χ4v) is 3.29. The molecule has 1 saturated heterocycles. The van der Waals surface area contributed by atoms with E-state index >= 15 is 0 Å². The third-order valence-electron chi connectivity index (χ3n) is 4.57. The van der Waals surface area contributed by atoms with Crippen LogP contribution in [0.4, 0.5) is 0 Å². The van der Waals surface area contributed by atoms with E-state index in [9.17, 15) is 14.7 Å². The summed E-state index contributed by atoms with van der Waals surface area (Å²) in [6, 6.07) is 8.57. The van der Waals surface area contributed by atoms with Crippen LogP contribution in [0, 0.1) is 6.92 Å². The Morgan fingerprint density at radius 2 is 1.96 bits per heavy atom. The van der Waals surface area contributed by atoms with E-state index in [4.69, 9.17) is 0 Å². The van der Waals surface area contributed by atoms with Gasteiger partial charge in [0.2, 0.25) is 0 Å². The molecule has 1 atom stereocenters. The number of nitrogens with one attached hydrogen (secondary N) is 1. The highest BCUT2D eigenvalue weighted by Gasteiger charge is 2.39. The maximum absolute atomic E-state index is 12.8. The van der Waals surface area contributed by atoms with Crippen molar-refractivity contribution in [2.24, 2.45) is 0 Å². The van der Waals surface area contributed by atoms with Crippen molar-refractivity contribution >= 4 is 5.91 Å². The Morgan fingerprint density at radius 3 is 2.58 bits per heavy atom. The van der Waals surface area contributed by atoms with E-state index < -0.39 is 5.60 Å². The van der Waals surface area contributed by atoms with Crippen molar-refractivity contribution in [2.45, 2.75) is 45.3 Å². The standard InChI is InChI=1S/C18H23N3O3/c1-12-6-8-13(9-7-12)21-16(22)11-14(19-21)17(23)20-10-4-5-15(20)18(2,3)24/h6-9,11,15,19,24H,4-5,10H2,1-3H3. The highest BCUT2D eigenvalue weighted by Crippen LogP contribution is 2.27. The zero-order valence-corrected chi connectivity index (χ0v) is 14.2. The van der Waals surface area contributed by atoms with Gasteiger partial charge < -0.3 is 10.0 Å². The van der Waals surface area contributed by atoms with E-state index in [1.54, 1.807) is 18.7 Å². The van der Waals surface area contributed by atoms with Gasteiger partial charge in [-0.15, -0.1) is 0 Å². The van der Waals surface area contributed by atoms with Gasteiger partial charge in [0.05, 0.1) is 17.3 Å². The largest absolute Gasteiger partial charge is 0.388 e. The second-order valence-corrected chi connectivity index (χ2v) is 6.99. The molecule has 1 aromatic carbocycles. The maximum atomic E-state index is 12.8. The lowest BCUT2D eigenvalue weighted by molar-refractivity contribution is 0.000103. The summed E-state index contributed by atoms with van der Waals surface area (Å²) in [6.07, 6.45) is 1.61. The van der Waals surface area contributed by atoms with Crippen molar-refractivity contribution in [3.05, 3.63) is 51.9 Å². The smallest absolute Gasteiger partial charge is 0.272 e. The van der Waals surface area contributed by atoms with Crippen LogP contribution in [-0.4, -0.2) is 43.9 Å². The third kappa shape index (κ3) is 3.01. The van der Waals surface area contributed by atoms with Gasteiger partial charge in [-0.05, 0) is 45.7 Å². The van der Waals surface area contributed by atoms with Crippen LogP contribution in [0.1, 0.15) is 42.7 Å². The second kappa shape index (κ2) is 5.94. The molecule has 0 spiro atoms. The minimum atomic E-state index is -0.966. The second-order valence-electron chi connectivity index (χ2n) is 6.99. The topological polar surface area (TPSA) is 78.3 Å². The Bertz CT molecular complexity index is 796. The Hall–Kier alpha value is -2.34. The summed E-state index contributed by atoms with van der Waals surface area (Å²) in [5.74, 6) is -0.248. The van der Waals surface area contributed by atoms with Gasteiger partial charge in [0.15, 0.2) is 0 Å². The number of H-pyrrole nitrogens is 1. The molecule has 3 rings (SSSR count). The average Bonchev–Trinajstić information content (AvgIpc) is 3.14. The van der Waals surface area contributed by atoms with Gasteiger partial charge in [-0.3, -0.25) is 14.7 Å². The number of hydrogen-bond acceptors (Lipinski definition) is 3. The molecule has 2 aromatic rings. The van der Waals surface area contributed by atoms with Crippen LogP contribution in [0.25, 0.3) is 5.69 Å². The maximum Gasteiger partial charge on any atom is 0.272 e. The summed E-state index contributed by atoms with van der Waals surface area (Å²) in [7, 11) is 0. The number of aliphatic hydroxyl groups is 1. The van der Waals surface area contributed by atoms with Gasteiger partial charge in [-0.1, -0.05) is 17.7 Å². The number of likely N-dealkylation sites (tertiary alicyclic amines) is 1. The van der Waals surface area contributed by atoms with E-state index in [0.717, 1.165) is 18.4 Å². The molecule has 6 heteroatoms. The van der Waals surface area contributed by atoms with Gasteiger partial charge >= 0.3 is 0 Å². The zero-order chi connectivity index (χ0) is 17.5. The summed E-state index contributed by atoms with van der Waals surface area (Å²) in [6.45, 7) is 5.98. The number of nitrogens with zero attached hydrogens (tertiary/aromatic N) is 2. The lowest BCUT2D eigenvalue weighted by Gasteiger charge is -2.33. The Kier molecular flexibility index (Phi) is 4.09. The first-order chi connectivity index (χ1) is 11.3. The number of aromatic amines is 1. The monoisotopic (exact) mass is 329 g/mol. The van der Waals surface area contributed by atoms with Crippen LogP contribution in [-0.2, 0) is 0 Å². The molecule has 2 N–H and O–H groups in total. The fourth-order valence-electron chi connectivity index (χ4n) is 3.29. The summed E-state index contributed by atoms with van der Waals surface area (Å²) < 4.78 is 1.36. The molecule has 1 fully saturated rings. The Morgan fingerprint density at radius 1 is 1.29 bits per heavy atom. The summed E-state index contributed by atoms with van der Waals surface area (Å²) >= 11 is 0. The molecular formula is C18H23N3O3. The number of carbonyl (C=O) groups excluding carboxylic acids is 1. The van der Waals surface area contributed by atoms with Gasteiger partial charge in [0.25, 0.3) is 11.5 Å². The van der Waals surface area contributed by atoms with E-state index in [0.29, 0.717) is 12.2 Å². The quantitative estimate of drug-likeness (QED) is 0.902. The van der Waals surface area contributed by atoms with E-state index in [2.05, 4.69) is 5.10 Å². The molecule has 0 saturated carbocycles. The number of amides is 1. The van der Waals surface area contributed by atoms with Crippen LogP contribution in [0.2, 0.25) is 0 Å². The molecule has 2 heterocycles. The minimum Gasteiger partial charge on any atom is -0.388 e.